The lowest BCUT2D eigenvalue weighted by Crippen LogP contribution is -2.40. The molecular weight excluding hydrogens is 319 g/mol. The summed E-state index contributed by atoms with van der Waals surface area (Å²) >= 11 is 0. The van der Waals surface area contributed by atoms with Gasteiger partial charge in [0.15, 0.2) is 9.84 Å². The maximum Gasteiger partial charge on any atom is 0.573 e. The van der Waals surface area contributed by atoms with E-state index in [4.69, 9.17) is 0 Å². The van der Waals surface area contributed by atoms with Gasteiger partial charge in [0, 0.05) is 6.04 Å². The molecule has 2 rings (SSSR count). The molecule has 0 bridgehead atoms. The Bertz CT molecular complexity index is 584. The summed E-state index contributed by atoms with van der Waals surface area (Å²) in [5.41, 5.74) is 0.862. The van der Waals surface area contributed by atoms with Crippen molar-refractivity contribution in [3.8, 4) is 5.75 Å². The van der Waals surface area contributed by atoms with Crippen LogP contribution in [0.15, 0.2) is 24.3 Å². The number of hydrogen-bond donors (Lipinski definition) is 1. The molecule has 0 aromatic heterocycles. The highest BCUT2D eigenvalue weighted by atomic mass is 32.2. The fourth-order valence-electron chi connectivity index (χ4n) is 2.46. The van der Waals surface area contributed by atoms with Gasteiger partial charge in [-0.3, -0.25) is 0 Å². The molecule has 0 radical (unpaired) electrons. The predicted octanol–water partition coefficient (Wildman–Crippen LogP) is 2.29. The van der Waals surface area contributed by atoms with E-state index in [1.165, 1.54) is 12.1 Å². The van der Waals surface area contributed by atoms with E-state index in [0.717, 1.165) is 12.0 Å². The summed E-state index contributed by atoms with van der Waals surface area (Å²) < 4.78 is 62.9. The lowest BCUT2D eigenvalue weighted by molar-refractivity contribution is -0.274. The van der Waals surface area contributed by atoms with Crippen molar-refractivity contribution in [3.63, 3.8) is 0 Å². The van der Waals surface area contributed by atoms with Crippen LogP contribution in [0.3, 0.4) is 0 Å². The number of hydrogen-bond acceptors (Lipinski definition) is 4. The van der Waals surface area contributed by atoms with Crippen LogP contribution in [0.1, 0.15) is 18.4 Å². The van der Waals surface area contributed by atoms with E-state index < -0.39 is 16.2 Å². The molecule has 1 aromatic rings. The molecule has 1 atom stereocenters. The molecule has 1 fully saturated rings. The fraction of sp³-hybridized carbons (Fsp3) is 0.571. The van der Waals surface area contributed by atoms with E-state index in [1.807, 2.05) is 0 Å². The van der Waals surface area contributed by atoms with E-state index in [9.17, 15) is 21.6 Å². The van der Waals surface area contributed by atoms with E-state index >= 15 is 0 Å². The van der Waals surface area contributed by atoms with Crippen LogP contribution < -0.4 is 10.1 Å². The van der Waals surface area contributed by atoms with Crippen molar-refractivity contribution in [1.29, 1.82) is 0 Å². The van der Waals surface area contributed by atoms with Gasteiger partial charge in [0.25, 0.3) is 0 Å². The third-order valence-electron chi connectivity index (χ3n) is 3.47. The Balaban J connectivity index is 1.77. The Morgan fingerprint density at radius 1 is 1.23 bits per heavy atom. The molecule has 1 N–H and O–H groups in total. The minimum Gasteiger partial charge on any atom is -0.406 e. The number of benzene rings is 1. The molecule has 0 amide bonds. The minimum atomic E-state index is -4.68. The number of sulfone groups is 1. The summed E-state index contributed by atoms with van der Waals surface area (Å²) in [7, 11) is -2.94. The molecule has 22 heavy (non-hydrogen) atoms. The van der Waals surface area contributed by atoms with Gasteiger partial charge in [0.05, 0.1) is 11.5 Å². The summed E-state index contributed by atoms with van der Waals surface area (Å²) in [6.07, 6.45) is -2.57. The standard InChI is InChI=1S/C14H18F3NO3S/c15-14(16,17)21-13-5-3-11(4-6-13)7-8-18-12-2-1-9-22(19,20)10-12/h3-6,12,18H,1-2,7-10H2/t12-/m1/s1. The van der Waals surface area contributed by atoms with E-state index in [0.29, 0.717) is 19.4 Å². The highest BCUT2D eigenvalue weighted by molar-refractivity contribution is 7.91. The normalized spacial score (nSPS) is 21.5. The Morgan fingerprint density at radius 2 is 1.91 bits per heavy atom. The number of halogens is 3. The van der Waals surface area contributed by atoms with Crippen LogP contribution in [-0.4, -0.2) is 38.9 Å². The van der Waals surface area contributed by atoms with Crippen LogP contribution in [0.2, 0.25) is 0 Å². The first-order valence-electron chi connectivity index (χ1n) is 7.02. The molecule has 0 spiro atoms. The second kappa shape index (κ2) is 6.87. The minimum absolute atomic E-state index is 0.0356. The molecule has 1 saturated heterocycles. The molecule has 0 saturated carbocycles. The van der Waals surface area contributed by atoms with Crippen molar-refractivity contribution >= 4 is 9.84 Å². The van der Waals surface area contributed by atoms with E-state index in [2.05, 4.69) is 10.1 Å². The lowest BCUT2D eigenvalue weighted by Gasteiger charge is -2.23. The van der Waals surface area contributed by atoms with Gasteiger partial charge in [-0.1, -0.05) is 12.1 Å². The molecule has 4 nitrogen and oxygen atoms in total. The first-order chi connectivity index (χ1) is 10.2. The molecule has 8 heteroatoms. The van der Waals surface area contributed by atoms with E-state index in [-0.39, 0.29) is 23.3 Å². The Hall–Kier alpha value is -1.28. The van der Waals surface area contributed by atoms with Gasteiger partial charge in [-0.2, -0.15) is 0 Å². The van der Waals surface area contributed by atoms with Gasteiger partial charge in [0.1, 0.15) is 5.75 Å². The van der Waals surface area contributed by atoms with Crippen molar-refractivity contribution in [2.75, 3.05) is 18.1 Å². The summed E-state index contributed by atoms with van der Waals surface area (Å²) in [5, 5.41) is 3.19. The number of nitrogens with one attached hydrogen (secondary N) is 1. The number of alkyl halides is 3. The van der Waals surface area contributed by atoms with Crippen molar-refractivity contribution in [2.24, 2.45) is 0 Å². The van der Waals surface area contributed by atoms with Crippen molar-refractivity contribution in [2.45, 2.75) is 31.7 Å². The Labute approximate surface area is 127 Å². The van der Waals surface area contributed by atoms with Gasteiger partial charge in [-0.25, -0.2) is 8.42 Å². The Morgan fingerprint density at radius 3 is 2.50 bits per heavy atom. The fourth-order valence-corrected chi connectivity index (χ4v) is 4.13. The summed E-state index contributed by atoms with van der Waals surface area (Å²) in [6, 6.07) is 5.65. The predicted molar refractivity (Wildman–Crippen MR) is 76.5 cm³/mol. The third kappa shape index (κ3) is 5.84. The third-order valence-corrected chi connectivity index (χ3v) is 5.29. The molecule has 124 valence electrons. The zero-order valence-electron chi connectivity index (χ0n) is 11.9. The highest BCUT2D eigenvalue weighted by Crippen LogP contribution is 2.22. The Kier molecular flexibility index (Phi) is 5.33. The van der Waals surface area contributed by atoms with Crippen LogP contribution >= 0.6 is 0 Å². The summed E-state index contributed by atoms with van der Waals surface area (Å²) in [6.45, 7) is 0.583. The van der Waals surface area contributed by atoms with Gasteiger partial charge in [-0.05, 0) is 43.5 Å². The van der Waals surface area contributed by atoms with Crippen LogP contribution in [0.25, 0.3) is 0 Å². The first-order valence-corrected chi connectivity index (χ1v) is 8.84. The van der Waals surface area contributed by atoms with Crippen LogP contribution in [0, 0.1) is 0 Å². The number of ether oxygens (including phenoxy) is 1. The zero-order chi connectivity index (χ0) is 16.2. The van der Waals surface area contributed by atoms with Gasteiger partial charge in [-0.15, -0.1) is 13.2 Å². The maximum atomic E-state index is 12.0. The maximum absolute atomic E-state index is 12.0. The molecule has 1 aliphatic heterocycles. The van der Waals surface area contributed by atoms with Crippen LogP contribution in [-0.2, 0) is 16.3 Å². The van der Waals surface area contributed by atoms with Crippen LogP contribution in [0.5, 0.6) is 5.75 Å². The molecule has 0 unspecified atom stereocenters. The van der Waals surface area contributed by atoms with E-state index in [1.54, 1.807) is 12.1 Å². The van der Waals surface area contributed by atoms with Gasteiger partial charge >= 0.3 is 6.36 Å². The molecule has 1 aliphatic rings. The van der Waals surface area contributed by atoms with Crippen molar-refractivity contribution in [1.82, 2.24) is 5.32 Å². The average Bonchev–Trinajstić information content (AvgIpc) is 2.38. The summed E-state index contributed by atoms with van der Waals surface area (Å²) in [4.78, 5) is 0. The lowest BCUT2D eigenvalue weighted by atomic mass is 10.1. The molecule has 1 heterocycles. The first kappa shape index (κ1) is 17.1. The highest BCUT2D eigenvalue weighted by Gasteiger charge is 2.31. The largest absolute Gasteiger partial charge is 0.573 e. The molecule has 1 aromatic carbocycles. The van der Waals surface area contributed by atoms with Crippen molar-refractivity contribution in [3.05, 3.63) is 29.8 Å². The summed E-state index contributed by atoms with van der Waals surface area (Å²) in [5.74, 6) is 0.166. The van der Waals surface area contributed by atoms with Crippen LogP contribution in [0.4, 0.5) is 13.2 Å². The van der Waals surface area contributed by atoms with Gasteiger partial charge in [0.2, 0.25) is 0 Å². The molecule has 0 aliphatic carbocycles. The number of rotatable bonds is 5. The second-order valence-corrected chi connectivity index (χ2v) is 7.58. The quantitative estimate of drug-likeness (QED) is 0.896. The molecular formula is C14H18F3NO3S. The monoisotopic (exact) mass is 337 g/mol. The second-order valence-electron chi connectivity index (χ2n) is 5.35. The smallest absolute Gasteiger partial charge is 0.406 e. The van der Waals surface area contributed by atoms with Gasteiger partial charge < -0.3 is 10.1 Å². The SMILES string of the molecule is O=S1(=O)CCC[C@@H](NCCc2ccc(OC(F)(F)F)cc2)C1. The zero-order valence-corrected chi connectivity index (χ0v) is 12.7. The average molecular weight is 337 g/mol. The topological polar surface area (TPSA) is 55.4 Å². The van der Waals surface area contributed by atoms with Crippen molar-refractivity contribution < 1.29 is 26.3 Å².